The van der Waals surface area contributed by atoms with E-state index >= 15 is 0 Å². The molecule has 1 aromatic rings. The summed E-state index contributed by atoms with van der Waals surface area (Å²) in [6, 6.07) is 6.06. The molecule has 2 rings (SSSR count). The fraction of sp³-hybridized carbons (Fsp3) is 0.500. The number of rotatable bonds is 6. The fourth-order valence-electron chi connectivity index (χ4n) is 2.53. The van der Waals surface area contributed by atoms with Gasteiger partial charge in [0.25, 0.3) is 0 Å². The Labute approximate surface area is 147 Å². The Morgan fingerprint density at radius 1 is 1.38 bits per heavy atom. The first kappa shape index (κ1) is 19.0. The van der Waals surface area contributed by atoms with Gasteiger partial charge in [-0.25, -0.2) is 16.8 Å². The lowest BCUT2D eigenvalue weighted by atomic mass is 10.2. The summed E-state index contributed by atoms with van der Waals surface area (Å²) < 4.78 is 47.8. The van der Waals surface area contributed by atoms with Gasteiger partial charge in [-0.2, -0.15) is 0 Å². The highest BCUT2D eigenvalue weighted by Crippen LogP contribution is 2.27. The molecule has 1 N–H and O–H groups in total. The van der Waals surface area contributed by atoms with Gasteiger partial charge in [0.2, 0.25) is 15.9 Å². The van der Waals surface area contributed by atoms with Gasteiger partial charge in [0.15, 0.2) is 9.84 Å². The summed E-state index contributed by atoms with van der Waals surface area (Å²) in [5.41, 5.74) is 0.304. The van der Waals surface area contributed by atoms with Crippen LogP contribution in [-0.2, 0) is 24.7 Å². The van der Waals surface area contributed by atoms with Crippen molar-refractivity contribution in [2.24, 2.45) is 0 Å². The molecular formula is C14H19ClN2O5S2. The van der Waals surface area contributed by atoms with Gasteiger partial charge in [-0.15, -0.1) is 0 Å². The zero-order valence-corrected chi connectivity index (χ0v) is 15.5. The number of hydrogen-bond donors (Lipinski definition) is 1. The maximum atomic E-state index is 12.0. The molecule has 7 nitrogen and oxygen atoms in total. The average Bonchev–Trinajstić information content (AvgIpc) is 2.78. The molecule has 0 radical (unpaired) electrons. The summed E-state index contributed by atoms with van der Waals surface area (Å²) >= 11 is 6.04. The van der Waals surface area contributed by atoms with Crippen LogP contribution in [0.25, 0.3) is 0 Å². The lowest BCUT2D eigenvalue weighted by Crippen LogP contribution is -2.39. The molecular weight excluding hydrogens is 376 g/mol. The molecule has 24 heavy (non-hydrogen) atoms. The summed E-state index contributed by atoms with van der Waals surface area (Å²) in [6.45, 7) is -0.0755. The Morgan fingerprint density at radius 3 is 2.58 bits per heavy atom. The van der Waals surface area contributed by atoms with Crippen molar-refractivity contribution in [3.63, 3.8) is 0 Å². The third-order valence-electron chi connectivity index (χ3n) is 3.66. The highest BCUT2D eigenvalue weighted by Gasteiger charge is 2.29. The minimum atomic E-state index is -3.61. The largest absolute Gasteiger partial charge is 0.352 e. The number of sulfone groups is 1. The predicted molar refractivity (Wildman–Crippen MR) is 93.5 cm³/mol. The molecule has 1 heterocycles. The molecule has 0 bridgehead atoms. The topological polar surface area (TPSA) is 101 Å². The fourth-order valence-corrected chi connectivity index (χ4v) is 5.43. The standard InChI is InChI=1S/C14H19ClN2O5S2/c1-23(19,20)17(13-5-3-2-4-12(13)15)8-6-14(18)16-11-7-9-24(21,22)10-11/h2-5,11H,6-10H2,1H3,(H,16,18). The van der Waals surface area contributed by atoms with E-state index in [9.17, 15) is 21.6 Å². The molecule has 0 aromatic heterocycles. The molecule has 1 aliphatic heterocycles. The predicted octanol–water partition coefficient (Wildman–Crippen LogP) is 0.799. The number of nitrogens with one attached hydrogen (secondary N) is 1. The zero-order chi connectivity index (χ0) is 18.0. The maximum Gasteiger partial charge on any atom is 0.232 e. The number of hydrogen-bond acceptors (Lipinski definition) is 5. The van der Waals surface area contributed by atoms with E-state index < -0.39 is 31.8 Å². The van der Waals surface area contributed by atoms with Crippen molar-refractivity contribution in [1.29, 1.82) is 0 Å². The maximum absolute atomic E-state index is 12.0. The van der Waals surface area contributed by atoms with Gasteiger partial charge in [0, 0.05) is 19.0 Å². The summed E-state index contributed by atoms with van der Waals surface area (Å²) in [6.07, 6.45) is 1.33. The van der Waals surface area contributed by atoms with Crippen LogP contribution in [0.1, 0.15) is 12.8 Å². The van der Waals surface area contributed by atoms with E-state index in [2.05, 4.69) is 5.32 Å². The molecule has 0 aliphatic carbocycles. The molecule has 134 valence electrons. The molecule has 1 aliphatic rings. The van der Waals surface area contributed by atoms with E-state index in [4.69, 9.17) is 11.6 Å². The van der Waals surface area contributed by atoms with Gasteiger partial charge in [-0.05, 0) is 18.6 Å². The Kier molecular flexibility index (Phi) is 5.77. The molecule has 0 saturated carbocycles. The number of benzene rings is 1. The Bertz CT molecular complexity index is 823. The van der Waals surface area contributed by atoms with Crippen LogP contribution in [-0.4, -0.2) is 53.1 Å². The number of carbonyl (C=O) groups is 1. The monoisotopic (exact) mass is 394 g/mol. The van der Waals surface area contributed by atoms with Crippen LogP contribution in [0.3, 0.4) is 0 Å². The highest BCUT2D eigenvalue weighted by molar-refractivity contribution is 7.92. The molecule has 1 aromatic carbocycles. The first-order chi connectivity index (χ1) is 11.1. The number of amides is 1. The lowest BCUT2D eigenvalue weighted by molar-refractivity contribution is -0.121. The molecule has 10 heteroatoms. The summed E-state index contributed by atoms with van der Waals surface area (Å²) in [4.78, 5) is 12.0. The molecule has 0 spiro atoms. The van der Waals surface area contributed by atoms with Crippen molar-refractivity contribution in [2.75, 3.05) is 28.6 Å². The third kappa shape index (κ3) is 5.09. The average molecular weight is 395 g/mol. The van der Waals surface area contributed by atoms with Crippen LogP contribution in [0.15, 0.2) is 24.3 Å². The van der Waals surface area contributed by atoms with E-state index in [-0.39, 0.29) is 29.5 Å². The molecule has 1 amide bonds. The van der Waals surface area contributed by atoms with Gasteiger partial charge < -0.3 is 5.32 Å². The quantitative estimate of drug-likeness (QED) is 0.769. The SMILES string of the molecule is CS(=O)(=O)N(CCC(=O)NC1CCS(=O)(=O)C1)c1ccccc1Cl. The number of para-hydroxylation sites is 1. The van der Waals surface area contributed by atoms with E-state index in [0.717, 1.165) is 10.6 Å². The highest BCUT2D eigenvalue weighted by atomic mass is 35.5. The van der Waals surface area contributed by atoms with Crippen LogP contribution < -0.4 is 9.62 Å². The second-order valence-electron chi connectivity index (χ2n) is 5.70. The van der Waals surface area contributed by atoms with Crippen LogP contribution in [0.5, 0.6) is 0 Å². The second-order valence-corrected chi connectivity index (χ2v) is 10.2. The minimum absolute atomic E-state index is 0.0625. The van der Waals surface area contributed by atoms with Gasteiger partial charge in [0.1, 0.15) is 0 Å². The van der Waals surface area contributed by atoms with Crippen molar-refractivity contribution in [2.45, 2.75) is 18.9 Å². The van der Waals surface area contributed by atoms with Crippen LogP contribution in [0.4, 0.5) is 5.69 Å². The van der Waals surface area contributed by atoms with Crippen molar-refractivity contribution < 1.29 is 21.6 Å². The first-order valence-electron chi connectivity index (χ1n) is 7.30. The van der Waals surface area contributed by atoms with E-state index in [1.165, 1.54) is 0 Å². The van der Waals surface area contributed by atoms with Gasteiger partial charge >= 0.3 is 0 Å². The van der Waals surface area contributed by atoms with Crippen molar-refractivity contribution in [3.05, 3.63) is 29.3 Å². The van der Waals surface area contributed by atoms with E-state index in [1.54, 1.807) is 24.3 Å². The Balaban J connectivity index is 2.01. The first-order valence-corrected chi connectivity index (χ1v) is 11.4. The number of sulfonamides is 1. The van der Waals surface area contributed by atoms with Gasteiger partial charge in [-0.1, -0.05) is 23.7 Å². The Hall–Kier alpha value is -1.32. The number of anilines is 1. The van der Waals surface area contributed by atoms with Crippen LogP contribution >= 0.6 is 11.6 Å². The number of nitrogens with zero attached hydrogens (tertiary/aromatic N) is 1. The van der Waals surface area contributed by atoms with Crippen LogP contribution in [0.2, 0.25) is 5.02 Å². The van der Waals surface area contributed by atoms with Crippen molar-refractivity contribution in [1.82, 2.24) is 5.32 Å². The Morgan fingerprint density at radius 2 is 2.04 bits per heavy atom. The zero-order valence-electron chi connectivity index (χ0n) is 13.1. The number of carbonyl (C=O) groups excluding carboxylic acids is 1. The molecule has 1 fully saturated rings. The second kappa shape index (κ2) is 7.28. The van der Waals surface area contributed by atoms with Crippen LogP contribution in [0, 0.1) is 0 Å². The molecule has 1 atom stereocenters. The molecule has 1 saturated heterocycles. The summed E-state index contributed by atoms with van der Waals surface area (Å²) in [7, 11) is -6.69. The van der Waals surface area contributed by atoms with E-state index in [0.29, 0.717) is 12.1 Å². The van der Waals surface area contributed by atoms with Crippen molar-refractivity contribution >= 4 is 43.1 Å². The molecule has 1 unspecified atom stereocenters. The van der Waals surface area contributed by atoms with Gasteiger partial charge in [-0.3, -0.25) is 9.10 Å². The smallest absolute Gasteiger partial charge is 0.232 e. The van der Waals surface area contributed by atoms with Crippen molar-refractivity contribution in [3.8, 4) is 0 Å². The summed E-state index contributed by atoms with van der Waals surface area (Å²) in [5, 5.41) is 2.90. The third-order valence-corrected chi connectivity index (χ3v) is 6.93. The lowest BCUT2D eigenvalue weighted by Gasteiger charge is -2.23. The number of halogens is 1. The van der Waals surface area contributed by atoms with E-state index in [1.807, 2.05) is 0 Å². The minimum Gasteiger partial charge on any atom is -0.352 e. The summed E-state index contributed by atoms with van der Waals surface area (Å²) in [5.74, 6) is -0.399. The van der Waals surface area contributed by atoms with Gasteiger partial charge in [0.05, 0.1) is 28.5 Å². The normalized spacial score (nSPS) is 19.8.